The van der Waals surface area contributed by atoms with Crippen molar-refractivity contribution in [2.24, 2.45) is 0 Å². The smallest absolute Gasteiger partial charge is 0.249 e. The number of benzene rings is 1. The minimum atomic E-state index is -0.586. The average molecular weight is 317 g/mol. The summed E-state index contributed by atoms with van der Waals surface area (Å²) >= 11 is 0. The molecule has 0 aliphatic heterocycles. The molecule has 124 valence electrons. The van der Waals surface area contributed by atoms with Crippen molar-refractivity contribution in [3.05, 3.63) is 30.3 Å². The number of rotatable bonds is 6. The fraction of sp³-hybridized carbons (Fsp3) is 0.500. The summed E-state index contributed by atoms with van der Waals surface area (Å²) in [5.41, 5.74) is 0.850. The van der Waals surface area contributed by atoms with Gasteiger partial charge in [-0.05, 0) is 32.9 Å². The van der Waals surface area contributed by atoms with Gasteiger partial charge in [-0.15, -0.1) is 10.2 Å². The quantitative estimate of drug-likeness (QED) is 0.873. The van der Waals surface area contributed by atoms with Crippen LogP contribution in [0.3, 0.4) is 0 Å². The lowest BCUT2D eigenvalue weighted by atomic mass is 10.2. The number of hydrogen-bond acceptors (Lipinski definition) is 5. The van der Waals surface area contributed by atoms with Crippen molar-refractivity contribution in [1.29, 1.82) is 0 Å². The first-order chi connectivity index (χ1) is 10.9. The van der Waals surface area contributed by atoms with Crippen LogP contribution in [0.4, 0.5) is 0 Å². The topological polar surface area (TPSA) is 84.1 Å². The second-order valence-electron chi connectivity index (χ2n) is 5.91. The summed E-state index contributed by atoms with van der Waals surface area (Å²) in [6, 6.07) is 8.89. The summed E-state index contributed by atoms with van der Waals surface area (Å²) in [6.45, 7) is 7.50. The zero-order chi connectivity index (χ0) is 17.0. The number of nitrogens with zero attached hydrogens (tertiary/aromatic N) is 5. The molecule has 1 amide bonds. The number of carbonyl (C=O) groups is 1. The Bertz CT molecular complexity index is 639. The fourth-order valence-electron chi connectivity index (χ4n) is 2.27. The second kappa shape index (κ2) is 7.32. The van der Waals surface area contributed by atoms with E-state index >= 15 is 0 Å². The van der Waals surface area contributed by atoms with E-state index < -0.39 is 12.1 Å². The van der Waals surface area contributed by atoms with E-state index in [0.29, 0.717) is 5.82 Å². The Hall–Kier alpha value is -2.28. The van der Waals surface area contributed by atoms with Crippen LogP contribution in [0.1, 0.15) is 33.7 Å². The van der Waals surface area contributed by atoms with Gasteiger partial charge in [0, 0.05) is 18.2 Å². The molecule has 0 saturated carbocycles. The van der Waals surface area contributed by atoms with E-state index in [0.717, 1.165) is 5.56 Å². The van der Waals surface area contributed by atoms with Crippen molar-refractivity contribution >= 4 is 5.91 Å². The van der Waals surface area contributed by atoms with Gasteiger partial charge in [0.25, 0.3) is 0 Å². The number of aliphatic hydroxyl groups is 1. The fourth-order valence-corrected chi connectivity index (χ4v) is 2.27. The van der Waals surface area contributed by atoms with Gasteiger partial charge in [-0.3, -0.25) is 4.79 Å². The van der Waals surface area contributed by atoms with Gasteiger partial charge in [-0.25, -0.2) is 0 Å². The molecule has 0 fully saturated rings. The zero-order valence-corrected chi connectivity index (χ0v) is 13.9. The third-order valence-corrected chi connectivity index (χ3v) is 3.53. The number of carbonyl (C=O) groups excluding carboxylic acids is 1. The molecular weight excluding hydrogens is 294 g/mol. The first-order valence-electron chi connectivity index (χ1n) is 7.73. The minimum absolute atomic E-state index is 0.0170. The Morgan fingerprint density at radius 3 is 2.43 bits per heavy atom. The Kier molecular flexibility index (Phi) is 5.44. The van der Waals surface area contributed by atoms with Gasteiger partial charge in [0.1, 0.15) is 6.04 Å². The standard InChI is InChI=1S/C16H23N5O2/c1-11(2)20(10-12(3)22)16(23)13(4)21-18-15(17-19-21)14-8-6-5-7-9-14/h5-9,11-13,22H,10H2,1-4H3. The third-order valence-electron chi connectivity index (χ3n) is 3.53. The number of aliphatic hydroxyl groups excluding tert-OH is 1. The monoisotopic (exact) mass is 317 g/mol. The largest absolute Gasteiger partial charge is 0.392 e. The van der Waals surface area contributed by atoms with Crippen LogP contribution < -0.4 is 0 Å². The molecule has 0 radical (unpaired) electrons. The van der Waals surface area contributed by atoms with E-state index in [1.54, 1.807) is 18.7 Å². The van der Waals surface area contributed by atoms with Gasteiger partial charge in [0.2, 0.25) is 11.7 Å². The van der Waals surface area contributed by atoms with E-state index in [1.165, 1.54) is 4.80 Å². The van der Waals surface area contributed by atoms with Gasteiger partial charge >= 0.3 is 0 Å². The summed E-state index contributed by atoms with van der Waals surface area (Å²) in [5.74, 6) is 0.342. The molecule has 7 heteroatoms. The molecule has 0 spiro atoms. The van der Waals surface area contributed by atoms with Crippen molar-refractivity contribution in [2.45, 2.75) is 45.9 Å². The molecule has 1 N–H and O–H groups in total. The van der Waals surface area contributed by atoms with E-state index in [4.69, 9.17) is 0 Å². The summed E-state index contributed by atoms with van der Waals surface area (Å²) in [4.78, 5) is 15.6. The molecular formula is C16H23N5O2. The van der Waals surface area contributed by atoms with Crippen LogP contribution >= 0.6 is 0 Å². The Balaban J connectivity index is 2.18. The molecule has 1 heterocycles. The maximum atomic E-state index is 12.7. The number of amides is 1. The predicted molar refractivity (Wildman–Crippen MR) is 86.5 cm³/mol. The Labute approximate surface area is 135 Å². The molecule has 0 bridgehead atoms. The van der Waals surface area contributed by atoms with Gasteiger partial charge < -0.3 is 10.0 Å². The van der Waals surface area contributed by atoms with Gasteiger partial charge in [-0.1, -0.05) is 30.3 Å². The maximum absolute atomic E-state index is 12.7. The Morgan fingerprint density at radius 1 is 1.22 bits per heavy atom. The maximum Gasteiger partial charge on any atom is 0.249 e. The van der Waals surface area contributed by atoms with Gasteiger partial charge in [-0.2, -0.15) is 4.80 Å². The number of aromatic nitrogens is 4. The van der Waals surface area contributed by atoms with Crippen molar-refractivity contribution in [3.8, 4) is 11.4 Å². The molecule has 2 atom stereocenters. The molecule has 23 heavy (non-hydrogen) atoms. The second-order valence-corrected chi connectivity index (χ2v) is 5.91. The van der Waals surface area contributed by atoms with Crippen LogP contribution in [0.5, 0.6) is 0 Å². The highest BCUT2D eigenvalue weighted by atomic mass is 16.3. The lowest BCUT2D eigenvalue weighted by Gasteiger charge is -2.29. The van der Waals surface area contributed by atoms with Crippen LogP contribution in [-0.2, 0) is 4.79 Å². The predicted octanol–water partition coefficient (Wildman–Crippen LogP) is 1.52. The molecule has 2 unspecified atom stereocenters. The molecule has 2 aromatic rings. The highest BCUT2D eigenvalue weighted by Crippen LogP contribution is 2.15. The van der Waals surface area contributed by atoms with Crippen LogP contribution in [0.15, 0.2) is 30.3 Å². The van der Waals surface area contributed by atoms with Crippen LogP contribution in [-0.4, -0.2) is 54.8 Å². The lowest BCUT2D eigenvalue weighted by Crippen LogP contribution is -2.44. The third kappa shape index (κ3) is 4.13. The van der Waals surface area contributed by atoms with Crippen molar-refractivity contribution in [2.75, 3.05) is 6.54 Å². The first kappa shape index (κ1) is 17.1. The normalized spacial score (nSPS) is 13.8. The van der Waals surface area contributed by atoms with E-state index in [1.807, 2.05) is 44.2 Å². The average Bonchev–Trinajstić information content (AvgIpc) is 3.01. The summed E-state index contributed by atoms with van der Waals surface area (Å²) in [6.07, 6.45) is -0.586. The zero-order valence-electron chi connectivity index (χ0n) is 13.9. The minimum Gasteiger partial charge on any atom is -0.392 e. The van der Waals surface area contributed by atoms with Crippen LogP contribution in [0.25, 0.3) is 11.4 Å². The molecule has 1 aromatic carbocycles. The van der Waals surface area contributed by atoms with Crippen molar-refractivity contribution in [3.63, 3.8) is 0 Å². The van der Waals surface area contributed by atoms with Crippen molar-refractivity contribution in [1.82, 2.24) is 25.1 Å². The van der Waals surface area contributed by atoms with E-state index in [2.05, 4.69) is 15.4 Å². The molecule has 0 saturated heterocycles. The van der Waals surface area contributed by atoms with E-state index in [-0.39, 0.29) is 18.5 Å². The summed E-state index contributed by atoms with van der Waals surface area (Å²) in [7, 11) is 0. The highest BCUT2D eigenvalue weighted by molar-refractivity contribution is 5.80. The molecule has 1 aromatic heterocycles. The molecule has 0 aliphatic rings. The number of hydrogen-bond donors (Lipinski definition) is 1. The lowest BCUT2D eigenvalue weighted by molar-refractivity contribution is -0.138. The molecule has 7 nitrogen and oxygen atoms in total. The first-order valence-corrected chi connectivity index (χ1v) is 7.73. The number of tetrazole rings is 1. The molecule has 0 aliphatic carbocycles. The summed E-state index contributed by atoms with van der Waals surface area (Å²) in [5, 5.41) is 21.9. The van der Waals surface area contributed by atoms with Gasteiger partial charge in [0.05, 0.1) is 6.10 Å². The van der Waals surface area contributed by atoms with Gasteiger partial charge in [0.15, 0.2) is 0 Å². The van der Waals surface area contributed by atoms with E-state index in [9.17, 15) is 9.90 Å². The SMILES string of the molecule is CC(O)CN(C(=O)C(C)n1nnc(-c2ccccc2)n1)C(C)C. The highest BCUT2D eigenvalue weighted by Gasteiger charge is 2.27. The van der Waals surface area contributed by atoms with Crippen LogP contribution in [0, 0.1) is 0 Å². The van der Waals surface area contributed by atoms with Crippen LogP contribution in [0.2, 0.25) is 0 Å². The Morgan fingerprint density at radius 2 is 1.87 bits per heavy atom. The summed E-state index contributed by atoms with van der Waals surface area (Å²) < 4.78 is 0. The molecule has 2 rings (SSSR count). The van der Waals surface area contributed by atoms with Crippen molar-refractivity contribution < 1.29 is 9.90 Å².